The lowest BCUT2D eigenvalue weighted by Crippen LogP contribution is -2.42. The minimum absolute atomic E-state index is 0.230. The van der Waals surface area contributed by atoms with Crippen molar-refractivity contribution in [2.24, 2.45) is 5.92 Å². The van der Waals surface area contributed by atoms with Crippen LogP contribution in [-0.2, 0) is 20.8 Å². The maximum absolute atomic E-state index is 12.6. The largest absolute Gasteiger partial charge is 0.466 e. The molecule has 0 N–H and O–H groups in total. The predicted octanol–water partition coefficient (Wildman–Crippen LogP) is 2.37. The van der Waals surface area contributed by atoms with Crippen LogP contribution in [0, 0.1) is 5.92 Å². The second-order valence-corrected chi connectivity index (χ2v) is 6.70. The normalized spacial score (nSPS) is 21.3. The monoisotopic (exact) mass is 323 g/mol. The molecule has 0 saturated heterocycles. The number of esters is 1. The first-order chi connectivity index (χ1) is 10.7. The average Bonchev–Trinajstić information content (AvgIpc) is 2.83. The van der Waals surface area contributed by atoms with Gasteiger partial charge in [-0.1, -0.05) is 0 Å². The van der Waals surface area contributed by atoms with Gasteiger partial charge in [0.2, 0.25) is 0 Å². The molecule has 0 saturated carbocycles. The van der Waals surface area contributed by atoms with Gasteiger partial charge in [0.1, 0.15) is 5.60 Å². The van der Waals surface area contributed by atoms with E-state index in [1.165, 1.54) is 0 Å². The smallest absolute Gasteiger partial charge is 0.410 e. The Morgan fingerprint density at radius 1 is 1.35 bits per heavy atom. The van der Waals surface area contributed by atoms with Crippen molar-refractivity contribution < 1.29 is 19.1 Å². The van der Waals surface area contributed by atoms with E-state index in [1.807, 2.05) is 33.8 Å². The van der Waals surface area contributed by atoms with Crippen molar-refractivity contribution in [3.63, 3.8) is 0 Å². The number of rotatable bonds is 2. The van der Waals surface area contributed by atoms with Gasteiger partial charge in [-0.05, 0) is 40.7 Å². The summed E-state index contributed by atoms with van der Waals surface area (Å²) in [5, 5.41) is 4.26. The van der Waals surface area contributed by atoms with Gasteiger partial charge in [0.15, 0.2) is 0 Å². The second kappa shape index (κ2) is 6.60. The highest BCUT2D eigenvalue weighted by atomic mass is 16.6. The lowest BCUT2D eigenvalue weighted by molar-refractivity contribution is -0.149. The molecule has 128 valence electrons. The minimum Gasteiger partial charge on any atom is -0.466 e. The zero-order valence-corrected chi connectivity index (χ0v) is 14.4. The average molecular weight is 323 g/mol. The van der Waals surface area contributed by atoms with Crippen LogP contribution < -0.4 is 0 Å². The molecule has 0 fully saturated rings. The Balaban J connectivity index is 2.29. The van der Waals surface area contributed by atoms with Gasteiger partial charge in [0, 0.05) is 12.7 Å². The van der Waals surface area contributed by atoms with E-state index in [0.29, 0.717) is 13.2 Å². The first-order valence-electron chi connectivity index (χ1n) is 7.91. The van der Waals surface area contributed by atoms with Gasteiger partial charge >= 0.3 is 12.1 Å². The van der Waals surface area contributed by atoms with Crippen molar-refractivity contribution in [1.29, 1.82) is 0 Å². The highest BCUT2D eigenvalue weighted by molar-refractivity contribution is 5.75. The molecule has 0 aliphatic carbocycles. The fourth-order valence-electron chi connectivity index (χ4n) is 2.63. The van der Waals surface area contributed by atoms with Gasteiger partial charge in [-0.3, -0.25) is 14.4 Å². The number of amides is 1. The molecule has 0 spiro atoms. The topological polar surface area (TPSA) is 73.7 Å². The maximum atomic E-state index is 12.6. The van der Waals surface area contributed by atoms with Crippen LogP contribution in [0.15, 0.2) is 12.3 Å². The molecule has 0 radical (unpaired) electrons. The van der Waals surface area contributed by atoms with Gasteiger partial charge in [-0.15, -0.1) is 0 Å². The number of carbonyl (C=O) groups is 2. The third-order valence-corrected chi connectivity index (χ3v) is 3.70. The molecule has 0 unspecified atom stereocenters. The van der Waals surface area contributed by atoms with E-state index in [2.05, 4.69) is 5.10 Å². The number of nitrogens with zero attached hydrogens (tertiary/aromatic N) is 3. The minimum atomic E-state index is -0.594. The highest BCUT2D eigenvalue weighted by Gasteiger charge is 2.36. The van der Waals surface area contributed by atoms with Gasteiger partial charge < -0.3 is 9.47 Å². The SMILES string of the molecule is CCOC(=O)[C@H]1CN(C(=O)OC(C)(C)C)[C@@H](C)c2ccnn2C1. The van der Waals surface area contributed by atoms with Crippen molar-refractivity contribution in [2.75, 3.05) is 13.2 Å². The lowest BCUT2D eigenvalue weighted by atomic mass is 10.1. The Morgan fingerprint density at radius 3 is 2.65 bits per heavy atom. The van der Waals surface area contributed by atoms with E-state index in [0.717, 1.165) is 5.69 Å². The fraction of sp³-hybridized carbons (Fsp3) is 0.688. The molecule has 1 aliphatic heterocycles. The van der Waals surface area contributed by atoms with Crippen LogP contribution in [0.3, 0.4) is 0 Å². The summed E-state index contributed by atoms with van der Waals surface area (Å²) in [5.74, 6) is -0.789. The summed E-state index contributed by atoms with van der Waals surface area (Å²) >= 11 is 0. The number of fused-ring (bicyclic) bond motifs is 1. The van der Waals surface area contributed by atoms with Crippen LogP contribution in [0.1, 0.15) is 46.4 Å². The molecule has 1 aromatic rings. The predicted molar refractivity (Wildman–Crippen MR) is 83.7 cm³/mol. The van der Waals surface area contributed by atoms with Crippen LogP contribution in [-0.4, -0.2) is 45.5 Å². The summed E-state index contributed by atoms with van der Waals surface area (Å²) in [6.07, 6.45) is 1.24. The number of aromatic nitrogens is 2. The van der Waals surface area contributed by atoms with E-state index < -0.39 is 17.6 Å². The molecule has 1 aromatic heterocycles. The number of ether oxygens (including phenoxy) is 2. The molecule has 1 aliphatic rings. The van der Waals surface area contributed by atoms with Crippen LogP contribution in [0.25, 0.3) is 0 Å². The van der Waals surface area contributed by atoms with Crippen LogP contribution in [0.4, 0.5) is 4.79 Å². The zero-order valence-electron chi connectivity index (χ0n) is 14.4. The molecule has 2 atom stereocenters. The summed E-state index contributed by atoms with van der Waals surface area (Å²) in [6, 6.07) is 1.63. The summed E-state index contributed by atoms with van der Waals surface area (Å²) in [5.41, 5.74) is 0.283. The molecule has 1 amide bonds. The second-order valence-electron chi connectivity index (χ2n) is 6.70. The standard InChI is InChI=1S/C16H25N3O4/c1-6-22-14(20)12-9-18(15(21)23-16(3,4)5)11(2)13-7-8-17-19(13)10-12/h7-8,11-12H,6,9-10H2,1-5H3/t11-,12-/m0/s1. The van der Waals surface area contributed by atoms with Gasteiger partial charge in [0.25, 0.3) is 0 Å². The van der Waals surface area contributed by atoms with Crippen molar-refractivity contribution in [1.82, 2.24) is 14.7 Å². The molecule has 0 aromatic carbocycles. The molecule has 7 heteroatoms. The quantitative estimate of drug-likeness (QED) is 0.781. The third-order valence-electron chi connectivity index (χ3n) is 3.70. The first-order valence-corrected chi connectivity index (χ1v) is 7.91. The van der Waals surface area contributed by atoms with Gasteiger partial charge in [0.05, 0.1) is 30.8 Å². The number of hydrogen-bond acceptors (Lipinski definition) is 5. The molecular weight excluding hydrogens is 298 g/mol. The molecular formula is C16H25N3O4. The summed E-state index contributed by atoms with van der Waals surface area (Å²) < 4.78 is 12.4. The van der Waals surface area contributed by atoms with Crippen molar-refractivity contribution in [3.05, 3.63) is 18.0 Å². The Bertz CT molecular complexity index is 576. The van der Waals surface area contributed by atoms with Crippen LogP contribution in [0.2, 0.25) is 0 Å². The Morgan fingerprint density at radius 2 is 2.04 bits per heavy atom. The molecule has 23 heavy (non-hydrogen) atoms. The van der Waals surface area contributed by atoms with Gasteiger partial charge in [-0.25, -0.2) is 4.79 Å². The molecule has 0 bridgehead atoms. The summed E-state index contributed by atoms with van der Waals surface area (Å²) in [6.45, 7) is 10.1. The Kier molecular flexibility index (Phi) is 4.97. The van der Waals surface area contributed by atoms with Crippen molar-refractivity contribution >= 4 is 12.1 Å². The number of hydrogen-bond donors (Lipinski definition) is 0. The fourth-order valence-corrected chi connectivity index (χ4v) is 2.63. The van der Waals surface area contributed by atoms with Crippen molar-refractivity contribution in [3.8, 4) is 0 Å². The Labute approximate surface area is 136 Å². The highest BCUT2D eigenvalue weighted by Crippen LogP contribution is 2.28. The van der Waals surface area contributed by atoms with E-state index in [-0.39, 0.29) is 18.6 Å². The molecule has 2 heterocycles. The Hall–Kier alpha value is -2.05. The van der Waals surface area contributed by atoms with E-state index in [9.17, 15) is 9.59 Å². The van der Waals surface area contributed by atoms with Crippen LogP contribution in [0.5, 0.6) is 0 Å². The number of carbonyl (C=O) groups excluding carboxylic acids is 2. The summed E-state index contributed by atoms with van der Waals surface area (Å²) in [4.78, 5) is 26.3. The lowest BCUT2D eigenvalue weighted by Gasteiger charge is -2.31. The molecule has 2 rings (SSSR count). The van der Waals surface area contributed by atoms with E-state index >= 15 is 0 Å². The van der Waals surface area contributed by atoms with Crippen LogP contribution >= 0.6 is 0 Å². The molecule has 7 nitrogen and oxygen atoms in total. The third kappa shape index (κ3) is 4.03. The zero-order chi connectivity index (χ0) is 17.2. The van der Waals surface area contributed by atoms with E-state index in [1.54, 1.807) is 22.7 Å². The first kappa shape index (κ1) is 17.3. The van der Waals surface area contributed by atoms with Gasteiger partial charge in [-0.2, -0.15) is 5.10 Å². The summed E-state index contributed by atoms with van der Waals surface area (Å²) in [7, 11) is 0. The van der Waals surface area contributed by atoms with E-state index in [4.69, 9.17) is 9.47 Å². The maximum Gasteiger partial charge on any atom is 0.410 e. The van der Waals surface area contributed by atoms with Crippen molar-refractivity contribution in [2.45, 2.75) is 52.8 Å².